The quantitative estimate of drug-likeness (QED) is 0.846. The zero-order valence-corrected chi connectivity index (χ0v) is 13.1. The summed E-state index contributed by atoms with van der Waals surface area (Å²) in [6, 6.07) is 6.03. The summed E-state index contributed by atoms with van der Waals surface area (Å²) in [5.41, 5.74) is 1.51. The van der Waals surface area contributed by atoms with E-state index in [1.165, 1.54) is 0 Å². The van der Waals surface area contributed by atoms with Gasteiger partial charge in [0.05, 0.1) is 0 Å². The molecule has 0 aliphatic carbocycles. The molecule has 2 rings (SSSR count). The number of ether oxygens (including phenoxy) is 3. The molecule has 0 bridgehead atoms. The van der Waals surface area contributed by atoms with E-state index in [-0.39, 0.29) is 18.8 Å². The molecule has 1 aliphatic heterocycles. The van der Waals surface area contributed by atoms with E-state index in [0.717, 1.165) is 23.5 Å². The number of nitrogens with one attached hydrogen (secondary N) is 1. The maximum absolute atomic E-state index is 6.09. The number of anilines is 1. The van der Waals surface area contributed by atoms with Crippen molar-refractivity contribution < 1.29 is 14.2 Å². The van der Waals surface area contributed by atoms with Gasteiger partial charge in [0.15, 0.2) is 0 Å². The molecule has 1 aliphatic rings. The molecule has 21 heavy (non-hydrogen) atoms. The number of terminal acetylenes is 1. The fraction of sp³-hybridized carbons (Fsp3) is 0.529. The van der Waals surface area contributed by atoms with Crippen LogP contribution in [0.15, 0.2) is 18.2 Å². The predicted octanol–water partition coefficient (Wildman–Crippen LogP) is 3.00. The molecule has 1 heterocycles. The highest BCUT2D eigenvalue weighted by molar-refractivity contribution is 5.53. The van der Waals surface area contributed by atoms with Gasteiger partial charge in [-0.1, -0.05) is 5.92 Å². The zero-order valence-electron chi connectivity index (χ0n) is 13.1. The van der Waals surface area contributed by atoms with E-state index < -0.39 is 5.60 Å². The monoisotopic (exact) mass is 289 g/mol. The first-order valence-electron chi connectivity index (χ1n) is 7.18. The van der Waals surface area contributed by atoms with Gasteiger partial charge in [-0.25, -0.2) is 0 Å². The Bertz CT molecular complexity index is 533. The van der Waals surface area contributed by atoms with Gasteiger partial charge in [-0.3, -0.25) is 0 Å². The first-order valence-corrected chi connectivity index (χ1v) is 7.18. The van der Waals surface area contributed by atoms with Gasteiger partial charge in [0.2, 0.25) is 0 Å². The van der Waals surface area contributed by atoms with Crippen LogP contribution in [0.5, 0.6) is 5.75 Å². The third kappa shape index (κ3) is 3.15. The van der Waals surface area contributed by atoms with Crippen LogP contribution >= 0.6 is 0 Å². The van der Waals surface area contributed by atoms with Crippen LogP contribution in [0.4, 0.5) is 5.69 Å². The zero-order chi connectivity index (χ0) is 15.5. The molecule has 114 valence electrons. The van der Waals surface area contributed by atoms with Crippen LogP contribution in [-0.4, -0.2) is 32.0 Å². The molecule has 2 atom stereocenters. The maximum atomic E-state index is 6.09. The number of hydrogen-bond acceptors (Lipinski definition) is 4. The van der Waals surface area contributed by atoms with Crippen molar-refractivity contribution in [1.29, 1.82) is 0 Å². The molecular formula is C17H23NO3. The minimum atomic E-state index is -0.510. The smallest absolute Gasteiger partial charge is 0.132 e. The summed E-state index contributed by atoms with van der Waals surface area (Å²) >= 11 is 0. The summed E-state index contributed by atoms with van der Waals surface area (Å²) in [5, 5.41) is 3.30. The third-order valence-electron chi connectivity index (χ3n) is 3.63. The van der Waals surface area contributed by atoms with Crippen molar-refractivity contribution in [3.63, 3.8) is 0 Å². The average Bonchev–Trinajstić information content (AvgIpc) is 2.44. The van der Waals surface area contributed by atoms with E-state index in [2.05, 4.69) is 24.2 Å². The molecule has 1 aromatic carbocycles. The Labute approximate surface area is 126 Å². The van der Waals surface area contributed by atoms with Crippen molar-refractivity contribution in [3.8, 4) is 18.1 Å². The second kappa shape index (κ2) is 6.38. The number of benzene rings is 1. The second-order valence-corrected chi connectivity index (χ2v) is 5.58. The molecule has 1 N–H and O–H groups in total. The SMILES string of the molecule is C#CCOC1C(OC)c2cc(NCC)ccc2OC1(C)C. The molecule has 4 heteroatoms. The predicted molar refractivity (Wildman–Crippen MR) is 83.6 cm³/mol. The second-order valence-electron chi connectivity index (χ2n) is 5.58. The van der Waals surface area contributed by atoms with Gasteiger partial charge < -0.3 is 19.5 Å². The van der Waals surface area contributed by atoms with Crippen molar-refractivity contribution in [1.82, 2.24) is 0 Å². The van der Waals surface area contributed by atoms with E-state index in [1.54, 1.807) is 7.11 Å². The lowest BCUT2D eigenvalue weighted by atomic mass is 9.88. The van der Waals surface area contributed by atoms with Gasteiger partial charge >= 0.3 is 0 Å². The summed E-state index contributed by atoms with van der Waals surface area (Å²) in [6.45, 7) is 7.13. The third-order valence-corrected chi connectivity index (χ3v) is 3.63. The van der Waals surface area contributed by atoms with Crippen molar-refractivity contribution in [2.24, 2.45) is 0 Å². The molecule has 0 saturated heterocycles. The minimum Gasteiger partial charge on any atom is -0.485 e. The summed E-state index contributed by atoms with van der Waals surface area (Å²) in [4.78, 5) is 0. The number of rotatable bonds is 5. The average molecular weight is 289 g/mol. The lowest BCUT2D eigenvalue weighted by Gasteiger charge is -2.43. The molecule has 0 saturated carbocycles. The number of fused-ring (bicyclic) bond motifs is 1. The lowest BCUT2D eigenvalue weighted by Crippen LogP contribution is -2.50. The topological polar surface area (TPSA) is 39.7 Å². The normalized spacial score (nSPS) is 22.8. The van der Waals surface area contributed by atoms with Crippen LogP contribution in [-0.2, 0) is 9.47 Å². The maximum Gasteiger partial charge on any atom is 0.132 e. The van der Waals surface area contributed by atoms with E-state index >= 15 is 0 Å². The van der Waals surface area contributed by atoms with Crippen LogP contribution in [0.1, 0.15) is 32.4 Å². The summed E-state index contributed by atoms with van der Waals surface area (Å²) in [6.07, 6.45) is 4.84. The Hall–Kier alpha value is -1.70. The van der Waals surface area contributed by atoms with Gasteiger partial charge in [0.1, 0.15) is 30.2 Å². The van der Waals surface area contributed by atoms with Crippen molar-refractivity contribution in [3.05, 3.63) is 23.8 Å². The van der Waals surface area contributed by atoms with Gasteiger partial charge in [-0.05, 0) is 39.0 Å². The Kier molecular flexibility index (Phi) is 4.76. The first-order chi connectivity index (χ1) is 10.0. The van der Waals surface area contributed by atoms with Gasteiger partial charge in [-0.2, -0.15) is 0 Å². The number of hydrogen-bond donors (Lipinski definition) is 1. The Morgan fingerprint density at radius 2 is 2.19 bits per heavy atom. The van der Waals surface area contributed by atoms with Crippen LogP contribution in [0.3, 0.4) is 0 Å². The highest BCUT2D eigenvalue weighted by atomic mass is 16.6. The Morgan fingerprint density at radius 1 is 1.43 bits per heavy atom. The molecule has 0 aromatic heterocycles. The van der Waals surface area contributed by atoms with Crippen LogP contribution in [0.25, 0.3) is 0 Å². The fourth-order valence-electron chi connectivity index (χ4n) is 2.72. The molecule has 0 amide bonds. The van der Waals surface area contributed by atoms with Gasteiger partial charge in [0.25, 0.3) is 0 Å². The standard InChI is InChI=1S/C17H23NO3/c1-6-10-20-16-15(19-5)13-11-12(18-7-2)8-9-14(13)21-17(16,3)4/h1,8-9,11,15-16,18H,7,10H2,2-5H3. The van der Waals surface area contributed by atoms with Crippen molar-refractivity contribution in [2.75, 3.05) is 25.6 Å². The van der Waals surface area contributed by atoms with Gasteiger partial charge in [0, 0.05) is 24.9 Å². The molecule has 2 unspecified atom stereocenters. The lowest BCUT2D eigenvalue weighted by molar-refractivity contribution is -0.147. The van der Waals surface area contributed by atoms with E-state index in [4.69, 9.17) is 20.6 Å². The number of methoxy groups -OCH3 is 1. The molecule has 0 fully saturated rings. The molecule has 4 nitrogen and oxygen atoms in total. The van der Waals surface area contributed by atoms with Crippen LogP contribution < -0.4 is 10.1 Å². The molecule has 0 radical (unpaired) electrons. The first kappa shape index (κ1) is 15.7. The van der Waals surface area contributed by atoms with Gasteiger partial charge in [-0.15, -0.1) is 6.42 Å². The summed E-state index contributed by atoms with van der Waals surface area (Å²) in [7, 11) is 1.68. The Balaban J connectivity index is 2.39. The molecular weight excluding hydrogens is 266 g/mol. The summed E-state index contributed by atoms with van der Waals surface area (Å²) < 4.78 is 17.6. The van der Waals surface area contributed by atoms with Crippen molar-refractivity contribution in [2.45, 2.75) is 38.6 Å². The Morgan fingerprint density at radius 3 is 2.81 bits per heavy atom. The molecule has 1 aromatic rings. The largest absolute Gasteiger partial charge is 0.485 e. The highest BCUT2D eigenvalue weighted by Crippen LogP contribution is 2.43. The fourth-order valence-corrected chi connectivity index (χ4v) is 2.72. The highest BCUT2D eigenvalue weighted by Gasteiger charge is 2.45. The summed E-state index contributed by atoms with van der Waals surface area (Å²) in [5.74, 6) is 3.34. The van der Waals surface area contributed by atoms with Crippen molar-refractivity contribution >= 4 is 5.69 Å². The van der Waals surface area contributed by atoms with Crippen LogP contribution in [0.2, 0.25) is 0 Å². The minimum absolute atomic E-state index is 0.212. The molecule has 0 spiro atoms. The van der Waals surface area contributed by atoms with E-state index in [1.807, 2.05) is 26.0 Å². The van der Waals surface area contributed by atoms with Crippen LogP contribution in [0, 0.1) is 12.3 Å². The van der Waals surface area contributed by atoms with E-state index in [9.17, 15) is 0 Å². The van der Waals surface area contributed by atoms with E-state index in [0.29, 0.717) is 0 Å².